The van der Waals surface area contributed by atoms with E-state index in [1.165, 1.54) is 0 Å². The Morgan fingerprint density at radius 2 is 2.00 bits per heavy atom. The molecule has 1 aliphatic heterocycles. The van der Waals surface area contributed by atoms with E-state index in [0.717, 1.165) is 0 Å². The van der Waals surface area contributed by atoms with E-state index >= 15 is 0 Å². The first kappa shape index (κ1) is 7.87. The largest absolute Gasteiger partial charge is 0.298 e. The molecule has 6 heteroatoms. The summed E-state index contributed by atoms with van der Waals surface area (Å²) in [5, 5.41) is -0.348. The number of carbonyl (C=O) groups is 1. The Kier molecular flexibility index (Phi) is 1.91. The molecule has 0 N–H and O–H groups in total. The predicted molar refractivity (Wildman–Crippen MR) is 36.7 cm³/mol. The number of Topliss-reactive ketones (excluding diaryl/α,β-unsaturated/α-hetero) is 1. The van der Waals surface area contributed by atoms with Crippen LogP contribution < -0.4 is 0 Å². The molecule has 1 unspecified atom stereocenters. The normalized spacial score (nSPS) is 32.0. The van der Waals surface area contributed by atoms with Crippen molar-refractivity contribution in [3.05, 3.63) is 0 Å². The Morgan fingerprint density at radius 1 is 1.40 bits per heavy atom. The average molecular weight is 182 g/mol. The third-order valence-corrected chi connectivity index (χ3v) is 4.91. The monoisotopic (exact) mass is 182 g/mol. The second-order valence-electron chi connectivity index (χ2n) is 2.13. The number of carbonyl (C=O) groups excluding carboxylic acids is 1. The van der Waals surface area contributed by atoms with Crippen LogP contribution in [0.25, 0.3) is 0 Å². The van der Waals surface area contributed by atoms with Crippen molar-refractivity contribution in [3.8, 4) is 0 Å². The second kappa shape index (κ2) is 2.43. The smallest absolute Gasteiger partial charge is 0.169 e. The summed E-state index contributed by atoms with van der Waals surface area (Å²) in [5.74, 6) is -0.970. The summed E-state index contributed by atoms with van der Waals surface area (Å²) in [7, 11) is -4.81. The maximum Gasteiger partial charge on any atom is 0.169 e. The topological polar surface area (TPSA) is 68.3 Å². The van der Waals surface area contributed by atoms with Crippen molar-refractivity contribution in [2.24, 2.45) is 0 Å². The highest BCUT2D eigenvalue weighted by Crippen LogP contribution is 2.03. The van der Waals surface area contributed by atoms with Gasteiger partial charge in [-0.3, -0.25) is 9.00 Å². The molecule has 1 aliphatic rings. The molecule has 1 saturated heterocycles. The molecular weight excluding hydrogens is 176 g/mol. The molecule has 1 atom stereocenters. The number of sulfone groups is 1. The summed E-state index contributed by atoms with van der Waals surface area (Å²) in [5.41, 5.74) is 0. The van der Waals surface area contributed by atoms with E-state index < -0.39 is 32.2 Å². The van der Waals surface area contributed by atoms with Crippen molar-refractivity contribution >= 4 is 26.4 Å². The Bertz CT molecular complexity index is 254. The van der Waals surface area contributed by atoms with Crippen LogP contribution in [0, 0.1) is 0 Å². The highest BCUT2D eigenvalue weighted by Gasteiger charge is 2.27. The lowest BCUT2D eigenvalue weighted by Crippen LogP contribution is -2.32. The lowest BCUT2D eigenvalue weighted by atomic mass is 10.5. The fourth-order valence-electron chi connectivity index (χ4n) is 0.750. The molecule has 1 fully saturated rings. The minimum Gasteiger partial charge on any atom is -0.298 e. The number of hydrogen-bond donors (Lipinski definition) is 0. The molecule has 0 aromatic carbocycles. The van der Waals surface area contributed by atoms with E-state index in [4.69, 9.17) is 0 Å². The fraction of sp³-hybridized carbons (Fsp3) is 0.750. The standard InChI is InChI=1S/C4H6O4S2/c5-4-1-9(6)3-10(7,8)2-4/h1-3H2. The molecule has 10 heavy (non-hydrogen) atoms. The van der Waals surface area contributed by atoms with Gasteiger partial charge in [-0.25, -0.2) is 8.42 Å². The van der Waals surface area contributed by atoms with Crippen molar-refractivity contribution in [1.29, 1.82) is 0 Å². The molecule has 0 aromatic heterocycles. The maximum atomic E-state index is 10.7. The Labute approximate surface area is 61.0 Å². The van der Waals surface area contributed by atoms with Crippen molar-refractivity contribution in [2.75, 3.05) is 16.6 Å². The van der Waals surface area contributed by atoms with Gasteiger partial charge in [0.2, 0.25) is 0 Å². The molecule has 0 aromatic rings. The minimum absolute atomic E-state index is 0.0980. The van der Waals surface area contributed by atoms with Gasteiger partial charge in [0.1, 0.15) is 10.8 Å². The van der Waals surface area contributed by atoms with Gasteiger partial charge in [-0.15, -0.1) is 0 Å². The molecule has 1 rings (SSSR count). The zero-order valence-electron chi connectivity index (χ0n) is 5.07. The van der Waals surface area contributed by atoms with Gasteiger partial charge in [0, 0.05) is 10.8 Å². The van der Waals surface area contributed by atoms with Crippen molar-refractivity contribution < 1.29 is 17.4 Å². The molecule has 0 bridgehead atoms. The zero-order chi connectivity index (χ0) is 7.78. The highest BCUT2D eigenvalue weighted by molar-refractivity contribution is 8.07. The lowest BCUT2D eigenvalue weighted by molar-refractivity contribution is -0.114. The fourth-order valence-corrected chi connectivity index (χ4v) is 4.20. The Morgan fingerprint density at radius 3 is 2.40 bits per heavy atom. The van der Waals surface area contributed by atoms with Gasteiger partial charge in [-0.2, -0.15) is 0 Å². The third-order valence-electron chi connectivity index (χ3n) is 1.01. The number of ketones is 1. The minimum atomic E-state index is -3.33. The molecular formula is C4H6O4S2. The van der Waals surface area contributed by atoms with E-state index in [1.807, 2.05) is 0 Å². The molecule has 4 nitrogen and oxygen atoms in total. The van der Waals surface area contributed by atoms with E-state index in [1.54, 1.807) is 0 Å². The van der Waals surface area contributed by atoms with Crippen LogP contribution in [0.1, 0.15) is 0 Å². The van der Waals surface area contributed by atoms with Crippen LogP contribution in [-0.2, 0) is 25.4 Å². The van der Waals surface area contributed by atoms with Gasteiger partial charge < -0.3 is 0 Å². The quantitative estimate of drug-likeness (QED) is 0.466. The van der Waals surface area contributed by atoms with Crippen LogP contribution in [0.5, 0.6) is 0 Å². The number of rotatable bonds is 0. The second-order valence-corrected chi connectivity index (χ2v) is 6.02. The zero-order valence-corrected chi connectivity index (χ0v) is 6.70. The Hall–Kier alpha value is -0.230. The van der Waals surface area contributed by atoms with Gasteiger partial charge >= 0.3 is 0 Å². The van der Waals surface area contributed by atoms with Crippen LogP contribution in [0.2, 0.25) is 0 Å². The first-order valence-electron chi connectivity index (χ1n) is 2.57. The molecule has 0 spiro atoms. The summed E-state index contributed by atoms with van der Waals surface area (Å²) < 4.78 is 31.9. The van der Waals surface area contributed by atoms with Crippen LogP contribution in [0.3, 0.4) is 0 Å². The molecule has 0 saturated carbocycles. The van der Waals surface area contributed by atoms with E-state index in [2.05, 4.69) is 0 Å². The van der Waals surface area contributed by atoms with E-state index in [-0.39, 0.29) is 10.8 Å². The maximum absolute atomic E-state index is 10.7. The molecule has 1 heterocycles. The predicted octanol–water partition coefficient (Wildman–Crippen LogP) is -1.31. The summed E-state index contributed by atoms with van der Waals surface area (Å²) in [6, 6.07) is 0. The highest BCUT2D eigenvalue weighted by atomic mass is 32.3. The van der Waals surface area contributed by atoms with E-state index in [0.29, 0.717) is 0 Å². The lowest BCUT2D eigenvalue weighted by Gasteiger charge is -2.08. The molecule has 58 valence electrons. The van der Waals surface area contributed by atoms with Crippen LogP contribution in [0.15, 0.2) is 0 Å². The third kappa shape index (κ3) is 1.88. The molecule has 0 aliphatic carbocycles. The van der Waals surface area contributed by atoms with Crippen LogP contribution in [-0.4, -0.2) is 35.0 Å². The average Bonchev–Trinajstić information content (AvgIpc) is 1.54. The van der Waals surface area contributed by atoms with Gasteiger partial charge in [-0.1, -0.05) is 0 Å². The number of hydrogen-bond acceptors (Lipinski definition) is 4. The summed E-state index contributed by atoms with van der Waals surface area (Å²) in [4.78, 5) is 10.5. The van der Waals surface area contributed by atoms with Crippen molar-refractivity contribution in [1.82, 2.24) is 0 Å². The van der Waals surface area contributed by atoms with Crippen molar-refractivity contribution in [2.45, 2.75) is 0 Å². The molecule has 0 amide bonds. The first-order valence-corrected chi connectivity index (χ1v) is 5.88. The SMILES string of the molecule is O=C1CS(=O)CS(=O)(=O)C1. The van der Waals surface area contributed by atoms with Crippen LogP contribution >= 0.6 is 0 Å². The van der Waals surface area contributed by atoms with Gasteiger partial charge in [0.25, 0.3) is 0 Å². The summed E-state index contributed by atoms with van der Waals surface area (Å²) in [6.45, 7) is 0. The van der Waals surface area contributed by atoms with Gasteiger partial charge in [-0.05, 0) is 0 Å². The first-order chi connectivity index (χ1) is 4.49. The van der Waals surface area contributed by atoms with E-state index in [9.17, 15) is 17.4 Å². The summed E-state index contributed by atoms with van der Waals surface area (Å²) in [6.07, 6.45) is 0. The molecule has 0 radical (unpaired) electrons. The van der Waals surface area contributed by atoms with Crippen molar-refractivity contribution in [3.63, 3.8) is 0 Å². The van der Waals surface area contributed by atoms with Crippen LogP contribution in [0.4, 0.5) is 0 Å². The van der Waals surface area contributed by atoms with Gasteiger partial charge in [0.05, 0.1) is 5.75 Å². The summed E-state index contributed by atoms with van der Waals surface area (Å²) >= 11 is 0. The Balaban J connectivity index is 2.89. The van der Waals surface area contributed by atoms with Gasteiger partial charge in [0.15, 0.2) is 15.6 Å².